The molecule has 156 valence electrons. The summed E-state index contributed by atoms with van der Waals surface area (Å²) in [7, 11) is 3.21. The van der Waals surface area contributed by atoms with Crippen LogP contribution in [0.15, 0.2) is 42.5 Å². The van der Waals surface area contributed by atoms with Crippen molar-refractivity contribution in [2.75, 3.05) is 33.9 Å². The lowest BCUT2D eigenvalue weighted by Gasteiger charge is -2.32. The Morgan fingerprint density at radius 1 is 1.07 bits per heavy atom. The van der Waals surface area contributed by atoms with E-state index in [1.54, 1.807) is 31.3 Å². The highest BCUT2D eigenvalue weighted by molar-refractivity contribution is 5.74. The Labute approximate surface area is 170 Å². The average Bonchev–Trinajstić information content (AvgIpc) is 2.75. The maximum atomic E-state index is 13.0. The molecule has 2 aromatic rings. The van der Waals surface area contributed by atoms with Gasteiger partial charge >= 0.3 is 6.03 Å². The lowest BCUT2D eigenvalue weighted by Crippen LogP contribution is -2.46. The number of nitrogens with zero attached hydrogens (tertiary/aromatic N) is 1. The summed E-state index contributed by atoms with van der Waals surface area (Å²) in [5.41, 5.74) is 1.06. The number of piperidine rings is 1. The van der Waals surface area contributed by atoms with Gasteiger partial charge in [-0.15, -0.1) is 0 Å². The van der Waals surface area contributed by atoms with Gasteiger partial charge in [0.15, 0.2) is 11.5 Å². The Bertz CT molecular complexity index is 805. The van der Waals surface area contributed by atoms with Gasteiger partial charge in [-0.1, -0.05) is 6.07 Å². The minimum Gasteiger partial charge on any atom is -0.493 e. The number of hydrogen-bond acceptors (Lipinski definition) is 4. The zero-order valence-electron chi connectivity index (χ0n) is 16.8. The second-order valence-corrected chi connectivity index (χ2v) is 6.93. The first kappa shape index (κ1) is 20.8. The van der Waals surface area contributed by atoms with Crippen LogP contribution >= 0.6 is 0 Å². The van der Waals surface area contributed by atoms with Crippen LogP contribution in [0.2, 0.25) is 0 Å². The molecule has 0 radical (unpaired) electrons. The van der Waals surface area contributed by atoms with Gasteiger partial charge < -0.3 is 24.4 Å². The lowest BCUT2D eigenvalue weighted by molar-refractivity contribution is 0.111. The van der Waals surface area contributed by atoms with Crippen molar-refractivity contribution in [3.63, 3.8) is 0 Å². The van der Waals surface area contributed by atoms with E-state index >= 15 is 0 Å². The van der Waals surface area contributed by atoms with Crippen LogP contribution in [0, 0.1) is 5.82 Å². The van der Waals surface area contributed by atoms with Crippen LogP contribution in [-0.2, 0) is 6.42 Å². The summed E-state index contributed by atoms with van der Waals surface area (Å²) >= 11 is 0. The molecule has 0 saturated carbocycles. The predicted octanol–water partition coefficient (Wildman–Crippen LogP) is 3.64. The standard InChI is InChI=1S/C22H27FN2O4/c1-27-20-8-3-16(15-21(20)28-2)9-12-24-22(26)25-13-10-19(11-14-25)29-18-6-4-17(23)5-7-18/h3-8,15,19H,9-14H2,1-2H3,(H,24,26). The Balaban J connectivity index is 1.40. The molecule has 1 N–H and O–H groups in total. The van der Waals surface area contributed by atoms with E-state index in [9.17, 15) is 9.18 Å². The minimum absolute atomic E-state index is 0.0382. The van der Waals surface area contributed by atoms with Crippen LogP contribution in [-0.4, -0.2) is 50.9 Å². The third kappa shape index (κ3) is 5.76. The number of carbonyl (C=O) groups excluding carboxylic acids is 1. The second kappa shape index (κ2) is 10.0. The van der Waals surface area contributed by atoms with Gasteiger partial charge in [0.05, 0.1) is 14.2 Å². The van der Waals surface area contributed by atoms with Crippen molar-refractivity contribution in [2.45, 2.75) is 25.4 Å². The zero-order chi connectivity index (χ0) is 20.6. The molecule has 7 heteroatoms. The normalized spacial score (nSPS) is 14.4. The van der Waals surface area contributed by atoms with Gasteiger partial charge in [-0.2, -0.15) is 0 Å². The molecule has 1 aliphatic rings. The van der Waals surface area contributed by atoms with Gasteiger partial charge in [0.1, 0.15) is 17.7 Å². The first-order chi connectivity index (χ1) is 14.1. The summed E-state index contributed by atoms with van der Waals surface area (Å²) in [6, 6.07) is 11.7. The van der Waals surface area contributed by atoms with E-state index in [-0.39, 0.29) is 18.0 Å². The van der Waals surface area contributed by atoms with Crippen molar-refractivity contribution in [3.05, 3.63) is 53.8 Å². The fraction of sp³-hybridized carbons (Fsp3) is 0.409. The van der Waals surface area contributed by atoms with E-state index in [0.29, 0.717) is 43.3 Å². The van der Waals surface area contributed by atoms with Gasteiger partial charge in [0, 0.05) is 32.5 Å². The summed E-state index contributed by atoms with van der Waals surface area (Å²) in [6.07, 6.45) is 2.24. The highest BCUT2D eigenvalue weighted by Gasteiger charge is 2.23. The Kier molecular flexibility index (Phi) is 7.16. The van der Waals surface area contributed by atoms with Crippen LogP contribution < -0.4 is 19.5 Å². The highest BCUT2D eigenvalue weighted by Crippen LogP contribution is 2.27. The molecule has 0 bridgehead atoms. The molecular formula is C22H27FN2O4. The summed E-state index contributed by atoms with van der Waals surface area (Å²) in [5, 5.41) is 2.97. The number of likely N-dealkylation sites (tertiary alicyclic amines) is 1. The number of halogens is 1. The molecule has 0 unspecified atom stereocenters. The van der Waals surface area contributed by atoms with E-state index in [4.69, 9.17) is 14.2 Å². The number of benzene rings is 2. The summed E-state index contributed by atoms with van der Waals surface area (Å²) in [6.45, 7) is 1.81. The Morgan fingerprint density at radius 2 is 1.76 bits per heavy atom. The predicted molar refractivity (Wildman–Crippen MR) is 108 cm³/mol. The zero-order valence-corrected chi connectivity index (χ0v) is 16.8. The second-order valence-electron chi connectivity index (χ2n) is 6.93. The quantitative estimate of drug-likeness (QED) is 0.768. The number of ether oxygens (including phenoxy) is 3. The third-order valence-corrected chi connectivity index (χ3v) is 4.98. The fourth-order valence-electron chi connectivity index (χ4n) is 3.34. The molecular weight excluding hydrogens is 375 g/mol. The molecule has 0 aromatic heterocycles. The smallest absolute Gasteiger partial charge is 0.317 e. The van der Waals surface area contributed by atoms with Crippen LogP contribution in [0.1, 0.15) is 18.4 Å². The molecule has 0 atom stereocenters. The van der Waals surface area contributed by atoms with Gasteiger partial charge in [-0.3, -0.25) is 0 Å². The Morgan fingerprint density at radius 3 is 2.41 bits per heavy atom. The first-order valence-electron chi connectivity index (χ1n) is 9.75. The van der Waals surface area contributed by atoms with Crippen molar-refractivity contribution >= 4 is 6.03 Å². The number of urea groups is 1. The number of nitrogens with one attached hydrogen (secondary N) is 1. The fourth-order valence-corrected chi connectivity index (χ4v) is 3.34. The maximum absolute atomic E-state index is 13.0. The molecule has 6 nitrogen and oxygen atoms in total. The summed E-state index contributed by atoms with van der Waals surface area (Å²) < 4.78 is 29.4. The number of rotatable bonds is 7. The van der Waals surface area contributed by atoms with Crippen molar-refractivity contribution in [1.82, 2.24) is 10.2 Å². The van der Waals surface area contributed by atoms with E-state index < -0.39 is 0 Å². The average molecular weight is 402 g/mol. The molecule has 1 heterocycles. The third-order valence-electron chi connectivity index (χ3n) is 4.98. The minimum atomic E-state index is -0.281. The van der Waals surface area contributed by atoms with Gasteiger partial charge in [-0.05, 0) is 48.4 Å². The largest absolute Gasteiger partial charge is 0.493 e. The molecule has 1 fully saturated rings. The van der Waals surface area contributed by atoms with E-state index in [2.05, 4.69) is 5.32 Å². The topological polar surface area (TPSA) is 60.0 Å². The maximum Gasteiger partial charge on any atom is 0.317 e. The molecule has 3 rings (SSSR count). The number of amides is 2. The molecule has 0 spiro atoms. The van der Waals surface area contributed by atoms with Gasteiger partial charge in [-0.25, -0.2) is 9.18 Å². The number of methoxy groups -OCH3 is 2. The highest BCUT2D eigenvalue weighted by atomic mass is 19.1. The van der Waals surface area contributed by atoms with Crippen LogP contribution in [0.4, 0.5) is 9.18 Å². The lowest BCUT2D eigenvalue weighted by atomic mass is 10.1. The van der Waals surface area contributed by atoms with Gasteiger partial charge in [0.25, 0.3) is 0 Å². The van der Waals surface area contributed by atoms with Crippen molar-refractivity contribution in [2.24, 2.45) is 0 Å². The molecule has 1 aliphatic heterocycles. The number of hydrogen-bond donors (Lipinski definition) is 1. The Hall–Kier alpha value is -2.96. The van der Waals surface area contributed by atoms with Gasteiger partial charge in [0.2, 0.25) is 0 Å². The summed E-state index contributed by atoms with van der Waals surface area (Å²) in [5.74, 6) is 1.74. The van der Waals surface area contributed by atoms with Crippen molar-refractivity contribution in [3.8, 4) is 17.2 Å². The van der Waals surface area contributed by atoms with Crippen LogP contribution in [0.5, 0.6) is 17.2 Å². The summed E-state index contributed by atoms with van der Waals surface area (Å²) in [4.78, 5) is 14.2. The van der Waals surface area contributed by atoms with E-state index in [1.807, 2.05) is 18.2 Å². The first-order valence-corrected chi connectivity index (χ1v) is 9.75. The van der Waals surface area contributed by atoms with E-state index in [1.165, 1.54) is 12.1 Å². The van der Waals surface area contributed by atoms with Crippen molar-refractivity contribution < 1.29 is 23.4 Å². The number of carbonyl (C=O) groups is 1. The van der Waals surface area contributed by atoms with Crippen LogP contribution in [0.25, 0.3) is 0 Å². The molecule has 0 aliphatic carbocycles. The van der Waals surface area contributed by atoms with E-state index in [0.717, 1.165) is 18.4 Å². The van der Waals surface area contributed by atoms with Crippen molar-refractivity contribution in [1.29, 1.82) is 0 Å². The SMILES string of the molecule is COc1ccc(CCNC(=O)N2CCC(Oc3ccc(F)cc3)CC2)cc1OC. The van der Waals surface area contributed by atoms with Crippen LogP contribution in [0.3, 0.4) is 0 Å². The molecule has 2 amide bonds. The monoisotopic (exact) mass is 402 g/mol. The molecule has 2 aromatic carbocycles. The molecule has 1 saturated heterocycles. The molecule has 29 heavy (non-hydrogen) atoms.